The van der Waals surface area contributed by atoms with Crippen LogP contribution in [0.3, 0.4) is 0 Å². The Labute approximate surface area is 220 Å². The van der Waals surface area contributed by atoms with E-state index in [1.807, 2.05) is 0 Å². The highest BCUT2D eigenvalue weighted by molar-refractivity contribution is 7.92. The van der Waals surface area contributed by atoms with Crippen molar-refractivity contribution >= 4 is 33.2 Å². The van der Waals surface area contributed by atoms with E-state index < -0.39 is 22.5 Å². The average Bonchev–Trinajstić information content (AvgIpc) is 2.91. The summed E-state index contributed by atoms with van der Waals surface area (Å²) in [6, 6.07) is 27.5. The van der Waals surface area contributed by atoms with E-state index >= 15 is 0 Å². The summed E-state index contributed by atoms with van der Waals surface area (Å²) in [5, 5.41) is 3.18. The first-order valence-corrected chi connectivity index (χ1v) is 13.2. The highest BCUT2D eigenvalue weighted by atomic mass is 35.5. The molecule has 0 saturated heterocycles. The van der Waals surface area contributed by atoms with Crippen molar-refractivity contribution in [3.8, 4) is 5.75 Å². The molecule has 4 aromatic rings. The van der Waals surface area contributed by atoms with Crippen molar-refractivity contribution < 1.29 is 22.3 Å². The molecule has 0 spiro atoms. The third kappa shape index (κ3) is 7.09. The number of carbonyl (C=O) groups excluding carboxylic acids is 1. The fourth-order valence-electron chi connectivity index (χ4n) is 3.48. The van der Waals surface area contributed by atoms with Crippen LogP contribution in [0, 0.1) is 5.82 Å². The Kier molecular flexibility index (Phi) is 8.43. The van der Waals surface area contributed by atoms with Gasteiger partial charge >= 0.3 is 0 Å². The summed E-state index contributed by atoms with van der Waals surface area (Å²) in [5.41, 5.74) is 2.03. The van der Waals surface area contributed by atoms with Crippen molar-refractivity contribution in [3.05, 3.63) is 125 Å². The van der Waals surface area contributed by atoms with Crippen LogP contribution in [-0.4, -0.2) is 20.9 Å². The number of rotatable bonds is 10. The molecule has 4 aromatic carbocycles. The third-order valence-corrected chi connectivity index (χ3v) is 7.50. The molecule has 0 radical (unpaired) electrons. The summed E-state index contributed by atoms with van der Waals surface area (Å²) in [4.78, 5) is 12.8. The number of ether oxygens (including phenoxy) is 1. The fraction of sp³-hybridized carbons (Fsp3) is 0.107. The monoisotopic (exact) mass is 538 g/mol. The molecule has 0 unspecified atom stereocenters. The standard InChI is InChI=1S/C28H24ClFN2O4S/c29-23-10-16-27(17-11-23)37(34,35)32(25-4-2-1-3-5-25)19-28(33)31-18-21-8-14-26(15-9-21)36-20-22-6-12-24(30)13-7-22/h1-17H,18-20H2,(H,31,33). The number of halogens is 2. The maximum atomic E-state index is 13.3. The number of hydrogen-bond acceptors (Lipinski definition) is 4. The third-order valence-electron chi connectivity index (χ3n) is 5.46. The second kappa shape index (κ2) is 11.9. The number of nitrogens with zero attached hydrogens (tertiary/aromatic N) is 1. The minimum Gasteiger partial charge on any atom is -0.489 e. The van der Waals surface area contributed by atoms with E-state index in [0.29, 0.717) is 23.1 Å². The largest absolute Gasteiger partial charge is 0.489 e. The lowest BCUT2D eigenvalue weighted by Crippen LogP contribution is -2.40. The van der Waals surface area contributed by atoms with Crippen molar-refractivity contribution in [1.29, 1.82) is 0 Å². The van der Waals surface area contributed by atoms with Gasteiger partial charge < -0.3 is 10.1 Å². The second-order valence-corrected chi connectivity index (χ2v) is 10.4. The van der Waals surface area contributed by atoms with Gasteiger partial charge in [-0.1, -0.05) is 54.1 Å². The Morgan fingerprint density at radius 2 is 1.46 bits per heavy atom. The highest BCUT2D eigenvalue weighted by Gasteiger charge is 2.27. The van der Waals surface area contributed by atoms with Gasteiger partial charge in [-0.2, -0.15) is 0 Å². The van der Waals surface area contributed by atoms with Crippen LogP contribution in [0.5, 0.6) is 5.75 Å². The normalized spacial score (nSPS) is 11.1. The molecular formula is C28H24ClFN2O4S. The number of para-hydroxylation sites is 1. The van der Waals surface area contributed by atoms with E-state index in [1.54, 1.807) is 66.7 Å². The maximum absolute atomic E-state index is 13.3. The molecular weight excluding hydrogens is 515 g/mol. The van der Waals surface area contributed by atoms with Crippen LogP contribution in [-0.2, 0) is 28.0 Å². The minimum atomic E-state index is -4.01. The minimum absolute atomic E-state index is 0.0322. The molecule has 0 atom stereocenters. The smallest absolute Gasteiger partial charge is 0.264 e. The quantitative estimate of drug-likeness (QED) is 0.286. The summed E-state index contributed by atoms with van der Waals surface area (Å²) >= 11 is 5.91. The van der Waals surface area contributed by atoms with Crippen LogP contribution in [0.25, 0.3) is 0 Å². The molecule has 37 heavy (non-hydrogen) atoms. The molecule has 0 bridgehead atoms. The SMILES string of the molecule is O=C(CN(c1ccccc1)S(=O)(=O)c1ccc(Cl)cc1)NCc1ccc(OCc2ccc(F)cc2)cc1. The summed E-state index contributed by atoms with van der Waals surface area (Å²) in [5.74, 6) is -0.133. The van der Waals surface area contributed by atoms with Gasteiger partial charge in [0.25, 0.3) is 10.0 Å². The van der Waals surface area contributed by atoms with Gasteiger partial charge in [0.2, 0.25) is 5.91 Å². The lowest BCUT2D eigenvalue weighted by atomic mass is 10.2. The number of benzene rings is 4. The van der Waals surface area contributed by atoms with Gasteiger partial charge in [0.15, 0.2) is 0 Å². The topological polar surface area (TPSA) is 75.7 Å². The number of hydrogen-bond donors (Lipinski definition) is 1. The van der Waals surface area contributed by atoms with Crippen LogP contribution in [0.1, 0.15) is 11.1 Å². The second-order valence-electron chi connectivity index (χ2n) is 8.14. The zero-order valence-electron chi connectivity index (χ0n) is 19.7. The number of carbonyl (C=O) groups is 1. The zero-order valence-corrected chi connectivity index (χ0v) is 21.3. The molecule has 1 N–H and O–H groups in total. The molecule has 0 aromatic heterocycles. The molecule has 0 aliphatic carbocycles. The Bertz CT molecular complexity index is 1430. The average molecular weight is 539 g/mol. The van der Waals surface area contributed by atoms with Crippen LogP contribution in [0.4, 0.5) is 10.1 Å². The maximum Gasteiger partial charge on any atom is 0.264 e. The van der Waals surface area contributed by atoms with E-state index in [2.05, 4.69) is 5.32 Å². The van der Waals surface area contributed by atoms with Crippen molar-refractivity contribution in [2.24, 2.45) is 0 Å². The highest BCUT2D eigenvalue weighted by Crippen LogP contribution is 2.24. The van der Waals surface area contributed by atoms with E-state index in [-0.39, 0.29) is 17.3 Å². The number of nitrogens with one attached hydrogen (secondary N) is 1. The molecule has 9 heteroatoms. The summed E-state index contributed by atoms with van der Waals surface area (Å²) in [6.07, 6.45) is 0. The van der Waals surface area contributed by atoms with E-state index in [4.69, 9.17) is 16.3 Å². The first-order valence-electron chi connectivity index (χ1n) is 11.4. The summed E-state index contributed by atoms with van der Waals surface area (Å²) in [6.45, 7) is 0.113. The van der Waals surface area contributed by atoms with E-state index in [0.717, 1.165) is 15.4 Å². The first kappa shape index (κ1) is 26.2. The van der Waals surface area contributed by atoms with Crippen molar-refractivity contribution in [3.63, 3.8) is 0 Å². The van der Waals surface area contributed by atoms with Gasteiger partial charge in [0, 0.05) is 11.6 Å². The first-order chi connectivity index (χ1) is 17.8. The number of anilines is 1. The number of sulfonamides is 1. The van der Waals surface area contributed by atoms with Crippen LogP contribution >= 0.6 is 11.6 Å². The van der Waals surface area contributed by atoms with Crippen molar-refractivity contribution in [1.82, 2.24) is 5.32 Å². The van der Waals surface area contributed by atoms with Gasteiger partial charge in [0.1, 0.15) is 24.7 Å². The lowest BCUT2D eigenvalue weighted by molar-refractivity contribution is -0.119. The van der Waals surface area contributed by atoms with Gasteiger partial charge in [-0.25, -0.2) is 12.8 Å². The predicted molar refractivity (Wildman–Crippen MR) is 141 cm³/mol. The molecule has 0 aliphatic rings. The summed E-state index contributed by atoms with van der Waals surface area (Å²) < 4.78 is 46.5. The molecule has 0 fully saturated rings. The Balaban J connectivity index is 1.38. The molecule has 0 aliphatic heterocycles. The predicted octanol–water partition coefficient (Wildman–Crippen LogP) is 5.57. The molecule has 0 saturated carbocycles. The molecule has 0 heterocycles. The number of amides is 1. The molecule has 6 nitrogen and oxygen atoms in total. The van der Waals surface area contributed by atoms with Gasteiger partial charge in [-0.05, 0) is 71.8 Å². The van der Waals surface area contributed by atoms with Gasteiger partial charge in [0.05, 0.1) is 10.6 Å². The van der Waals surface area contributed by atoms with Crippen molar-refractivity contribution in [2.75, 3.05) is 10.8 Å². The zero-order chi connectivity index (χ0) is 26.3. The van der Waals surface area contributed by atoms with Crippen LogP contribution in [0.2, 0.25) is 5.02 Å². The lowest BCUT2D eigenvalue weighted by Gasteiger charge is -2.24. The summed E-state index contributed by atoms with van der Waals surface area (Å²) in [7, 11) is -4.01. The molecule has 190 valence electrons. The Morgan fingerprint density at radius 1 is 0.838 bits per heavy atom. The Hall–Kier alpha value is -3.88. The van der Waals surface area contributed by atoms with Crippen LogP contribution in [0.15, 0.2) is 108 Å². The molecule has 4 rings (SSSR count). The van der Waals surface area contributed by atoms with Crippen LogP contribution < -0.4 is 14.4 Å². The van der Waals surface area contributed by atoms with Gasteiger partial charge in [-0.3, -0.25) is 9.10 Å². The van der Waals surface area contributed by atoms with E-state index in [1.165, 1.54) is 36.4 Å². The fourth-order valence-corrected chi connectivity index (χ4v) is 5.03. The Morgan fingerprint density at radius 3 is 2.11 bits per heavy atom. The van der Waals surface area contributed by atoms with E-state index in [9.17, 15) is 17.6 Å². The molecule has 1 amide bonds. The van der Waals surface area contributed by atoms with Gasteiger partial charge in [-0.15, -0.1) is 0 Å². The van der Waals surface area contributed by atoms with Crippen molar-refractivity contribution in [2.45, 2.75) is 18.0 Å².